The molecule has 0 aliphatic carbocycles. The lowest BCUT2D eigenvalue weighted by molar-refractivity contribution is 0.257. The van der Waals surface area contributed by atoms with E-state index < -0.39 is 10.0 Å². The molecule has 1 unspecified atom stereocenters. The van der Waals surface area contributed by atoms with Gasteiger partial charge in [-0.3, -0.25) is 0 Å². The number of rotatable bonds is 3. The molecule has 0 aromatic heterocycles. The van der Waals surface area contributed by atoms with Crippen molar-refractivity contribution in [2.24, 2.45) is 5.73 Å². The zero-order valence-electron chi connectivity index (χ0n) is 11.9. The van der Waals surface area contributed by atoms with Gasteiger partial charge in [0.15, 0.2) is 0 Å². The molecule has 2 rings (SSSR count). The van der Waals surface area contributed by atoms with Crippen molar-refractivity contribution in [2.45, 2.75) is 37.1 Å². The molecule has 1 atom stereocenters. The molecule has 116 valence electrons. The number of nitrogens with zero attached hydrogens (tertiary/aromatic N) is 2. The number of aryl methyl sites for hydroxylation is 1. The Kier molecular flexibility index (Phi) is 6.17. The van der Waals surface area contributed by atoms with Crippen LogP contribution in [0.25, 0.3) is 0 Å². The van der Waals surface area contributed by atoms with Gasteiger partial charge in [0.25, 0.3) is 0 Å². The second-order valence-electron chi connectivity index (χ2n) is 5.09. The minimum atomic E-state index is -3.54. The molecule has 1 aromatic carbocycles. The molecule has 1 aromatic rings. The lowest BCUT2D eigenvalue weighted by atomic mass is 10.1. The highest BCUT2D eigenvalue weighted by molar-refractivity contribution is 7.89. The fourth-order valence-electron chi connectivity index (χ4n) is 2.66. The normalized spacial score (nSPS) is 19.6. The summed E-state index contributed by atoms with van der Waals surface area (Å²) in [5.41, 5.74) is 6.77. The van der Waals surface area contributed by atoms with Gasteiger partial charge in [-0.15, -0.1) is 12.4 Å². The maximum absolute atomic E-state index is 12.8. The first-order valence-electron chi connectivity index (χ1n) is 6.73. The molecule has 2 N–H and O–H groups in total. The predicted octanol–water partition coefficient (Wildman–Crippen LogP) is 1.79. The number of nitrogens with two attached hydrogens (primary N) is 1. The van der Waals surface area contributed by atoms with Crippen molar-refractivity contribution in [3.63, 3.8) is 0 Å². The molecule has 0 bridgehead atoms. The Morgan fingerprint density at radius 1 is 1.43 bits per heavy atom. The number of hydrogen-bond acceptors (Lipinski definition) is 4. The van der Waals surface area contributed by atoms with Crippen LogP contribution >= 0.6 is 12.4 Å². The van der Waals surface area contributed by atoms with Gasteiger partial charge in [-0.2, -0.15) is 9.57 Å². The van der Waals surface area contributed by atoms with Crippen LogP contribution in [0.4, 0.5) is 0 Å². The second kappa shape index (κ2) is 7.23. The Bertz CT molecular complexity index is 640. The smallest absolute Gasteiger partial charge is 0.243 e. The van der Waals surface area contributed by atoms with E-state index in [1.54, 1.807) is 19.1 Å². The van der Waals surface area contributed by atoms with Gasteiger partial charge in [0, 0.05) is 19.1 Å². The standard InChI is InChI=1S/C14H19N3O2S.ClH/c1-11-8-12(9-15)5-6-14(11)20(18,19)17-7-3-2-4-13(17)10-16;/h5-6,8,13H,2-4,7,10,16H2,1H3;1H. The largest absolute Gasteiger partial charge is 0.329 e. The number of hydrogen-bond donors (Lipinski definition) is 1. The molecule has 1 aliphatic rings. The van der Waals surface area contributed by atoms with Gasteiger partial charge in [0.2, 0.25) is 10.0 Å². The van der Waals surface area contributed by atoms with E-state index >= 15 is 0 Å². The third kappa shape index (κ3) is 3.55. The fourth-order valence-corrected chi connectivity index (χ4v) is 4.57. The summed E-state index contributed by atoms with van der Waals surface area (Å²) < 4.78 is 27.0. The van der Waals surface area contributed by atoms with Crippen LogP contribution in [0, 0.1) is 18.3 Å². The maximum Gasteiger partial charge on any atom is 0.243 e. The predicted molar refractivity (Wildman–Crippen MR) is 83.7 cm³/mol. The fraction of sp³-hybridized carbons (Fsp3) is 0.500. The van der Waals surface area contributed by atoms with E-state index in [9.17, 15) is 8.42 Å². The van der Waals surface area contributed by atoms with Crippen LogP contribution in [0.3, 0.4) is 0 Å². The van der Waals surface area contributed by atoms with E-state index in [-0.39, 0.29) is 23.3 Å². The Morgan fingerprint density at radius 2 is 2.14 bits per heavy atom. The first kappa shape index (κ1) is 17.9. The minimum absolute atomic E-state index is 0. The average Bonchev–Trinajstić information content (AvgIpc) is 2.46. The van der Waals surface area contributed by atoms with E-state index in [0.717, 1.165) is 19.3 Å². The molecule has 1 fully saturated rings. The number of benzene rings is 1. The van der Waals surface area contributed by atoms with Crippen molar-refractivity contribution in [3.05, 3.63) is 29.3 Å². The summed E-state index contributed by atoms with van der Waals surface area (Å²) in [7, 11) is -3.54. The van der Waals surface area contributed by atoms with Gasteiger partial charge >= 0.3 is 0 Å². The van der Waals surface area contributed by atoms with Crippen LogP contribution in [0.15, 0.2) is 23.1 Å². The van der Waals surface area contributed by atoms with Crippen molar-refractivity contribution in [1.82, 2.24) is 4.31 Å². The van der Waals surface area contributed by atoms with Crippen LogP contribution in [0.2, 0.25) is 0 Å². The molecule has 0 radical (unpaired) electrons. The monoisotopic (exact) mass is 329 g/mol. The average molecular weight is 330 g/mol. The first-order valence-corrected chi connectivity index (χ1v) is 8.17. The van der Waals surface area contributed by atoms with Gasteiger partial charge in [0.1, 0.15) is 0 Å². The van der Waals surface area contributed by atoms with Gasteiger partial charge in [-0.05, 0) is 43.5 Å². The zero-order valence-corrected chi connectivity index (χ0v) is 13.6. The first-order chi connectivity index (χ1) is 9.50. The summed E-state index contributed by atoms with van der Waals surface area (Å²) >= 11 is 0. The molecular formula is C14H20ClN3O2S. The molecule has 0 spiro atoms. The van der Waals surface area contributed by atoms with Crippen molar-refractivity contribution in [2.75, 3.05) is 13.1 Å². The molecule has 5 nitrogen and oxygen atoms in total. The summed E-state index contributed by atoms with van der Waals surface area (Å²) in [6.07, 6.45) is 2.69. The van der Waals surface area contributed by atoms with Crippen molar-refractivity contribution in [3.8, 4) is 6.07 Å². The Hall–Kier alpha value is -1.13. The summed E-state index contributed by atoms with van der Waals surface area (Å²) in [5, 5.41) is 8.86. The van der Waals surface area contributed by atoms with Gasteiger partial charge in [-0.25, -0.2) is 8.42 Å². The molecule has 1 aliphatic heterocycles. The quantitative estimate of drug-likeness (QED) is 0.915. The third-order valence-electron chi connectivity index (χ3n) is 3.74. The van der Waals surface area contributed by atoms with Gasteiger partial charge < -0.3 is 5.73 Å². The van der Waals surface area contributed by atoms with Gasteiger partial charge in [-0.1, -0.05) is 6.42 Å². The SMILES string of the molecule is Cc1cc(C#N)ccc1S(=O)(=O)N1CCCCC1CN.Cl. The van der Waals surface area contributed by atoms with E-state index in [2.05, 4.69) is 0 Å². The Labute approximate surface area is 132 Å². The molecule has 7 heteroatoms. The molecular weight excluding hydrogens is 310 g/mol. The van der Waals surface area contributed by atoms with Crippen molar-refractivity contribution in [1.29, 1.82) is 5.26 Å². The van der Waals surface area contributed by atoms with Crippen molar-refractivity contribution < 1.29 is 8.42 Å². The van der Waals surface area contributed by atoms with E-state index in [0.29, 0.717) is 24.2 Å². The number of piperidine rings is 1. The van der Waals surface area contributed by atoms with Crippen LogP contribution in [-0.4, -0.2) is 31.9 Å². The van der Waals surface area contributed by atoms with E-state index in [1.807, 2.05) is 6.07 Å². The molecule has 21 heavy (non-hydrogen) atoms. The Balaban J connectivity index is 0.00000220. The van der Waals surface area contributed by atoms with E-state index in [4.69, 9.17) is 11.0 Å². The molecule has 0 amide bonds. The lowest BCUT2D eigenvalue weighted by Gasteiger charge is -2.34. The summed E-state index contributed by atoms with van der Waals surface area (Å²) in [6, 6.07) is 6.56. The summed E-state index contributed by atoms with van der Waals surface area (Å²) in [5.74, 6) is 0. The number of halogens is 1. The highest BCUT2D eigenvalue weighted by atomic mass is 35.5. The molecule has 1 saturated heterocycles. The molecule has 0 saturated carbocycles. The number of sulfonamides is 1. The maximum atomic E-state index is 12.8. The van der Waals surface area contributed by atoms with Crippen LogP contribution < -0.4 is 5.73 Å². The zero-order chi connectivity index (χ0) is 14.8. The second-order valence-corrected chi connectivity index (χ2v) is 6.95. The summed E-state index contributed by atoms with van der Waals surface area (Å²) in [4.78, 5) is 0.275. The summed E-state index contributed by atoms with van der Waals surface area (Å²) in [6.45, 7) is 2.58. The number of nitriles is 1. The topological polar surface area (TPSA) is 87.2 Å². The Morgan fingerprint density at radius 3 is 2.71 bits per heavy atom. The van der Waals surface area contributed by atoms with Crippen LogP contribution in [-0.2, 0) is 10.0 Å². The van der Waals surface area contributed by atoms with Crippen LogP contribution in [0.5, 0.6) is 0 Å². The van der Waals surface area contributed by atoms with Crippen LogP contribution in [0.1, 0.15) is 30.4 Å². The third-order valence-corrected chi connectivity index (χ3v) is 5.85. The molecule has 1 heterocycles. The van der Waals surface area contributed by atoms with Gasteiger partial charge in [0.05, 0.1) is 16.5 Å². The minimum Gasteiger partial charge on any atom is -0.329 e. The highest BCUT2D eigenvalue weighted by Crippen LogP contribution is 2.27. The van der Waals surface area contributed by atoms with E-state index in [1.165, 1.54) is 10.4 Å². The van der Waals surface area contributed by atoms with Crippen molar-refractivity contribution >= 4 is 22.4 Å². The highest BCUT2D eigenvalue weighted by Gasteiger charge is 2.33. The lowest BCUT2D eigenvalue weighted by Crippen LogP contribution is -2.47.